The van der Waals surface area contributed by atoms with E-state index in [0.717, 1.165) is 5.56 Å². The standard InChI is InChI=1S/C22H16N2O4/c23-13-17-21(18-7-4-10-26-18)16-9-8-15(12-19(16)28-22(17)24)27-20(25)11-14-5-2-1-3-6-14/h1-10,12,21H,11,24H2. The zero-order valence-corrected chi connectivity index (χ0v) is 14.8. The summed E-state index contributed by atoms with van der Waals surface area (Å²) < 4.78 is 16.5. The quantitative estimate of drug-likeness (QED) is 0.554. The Kier molecular flexibility index (Phi) is 4.56. The molecule has 0 fully saturated rings. The van der Waals surface area contributed by atoms with Crippen LogP contribution >= 0.6 is 0 Å². The number of nitriles is 1. The van der Waals surface area contributed by atoms with Gasteiger partial charge < -0.3 is 19.6 Å². The van der Waals surface area contributed by atoms with Gasteiger partial charge in [0.05, 0.1) is 18.6 Å². The van der Waals surface area contributed by atoms with Gasteiger partial charge >= 0.3 is 5.97 Å². The molecule has 2 heterocycles. The first-order chi connectivity index (χ1) is 13.7. The fourth-order valence-electron chi connectivity index (χ4n) is 3.18. The lowest BCUT2D eigenvalue weighted by Gasteiger charge is -2.25. The van der Waals surface area contributed by atoms with Crippen LogP contribution in [0.3, 0.4) is 0 Å². The topological polar surface area (TPSA) is 98.5 Å². The van der Waals surface area contributed by atoms with Crippen molar-refractivity contribution in [2.75, 3.05) is 0 Å². The van der Waals surface area contributed by atoms with Crippen molar-refractivity contribution >= 4 is 5.97 Å². The average Bonchev–Trinajstić information content (AvgIpc) is 3.22. The largest absolute Gasteiger partial charge is 0.468 e. The minimum Gasteiger partial charge on any atom is -0.468 e. The van der Waals surface area contributed by atoms with E-state index in [4.69, 9.17) is 19.6 Å². The number of nitrogens with two attached hydrogens (primary N) is 1. The van der Waals surface area contributed by atoms with E-state index in [1.54, 1.807) is 30.3 Å². The molecule has 6 nitrogen and oxygen atoms in total. The summed E-state index contributed by atoms with van der Waals surface area (Å²) in [5.41, 5.74) is 7.79. The fraction of sp³-hybridized carbons (Fsp3) is 0.0909. The number of furan rings is 1. The molecule has 1 aromatic heterocycles. The highest BCUT2D eigenvalue weighted by Gasteiger charge is 2.32. The summed E-state index contributed by atoms with van der Waals surface area (Å²) in [7, 11) is 0. The Bertz CT molecular complexity index is 1080. The van der Waals surface area contributed by atoms with Crippen LogP contribution in [0.25, 0.3) is 0 Å². The minimum absolute atomic E-state index is 0.00385. The molecule has 1 aliphatic rings. The van der Waals surface area contributed by atoms with Gasteiger partial charge in [-0.15, -0.1) is 0 Å². The first-order valence-electron chi connectivity index (χ1n) is 8.65. The van der Waals surface area contributed by atoms with Gasteiger partial charge in [-0.2, -0.15) is 5.26 Å². The van der Waals surface area contributed by atoms with Crippen LogP contribution in [0, 0.1) is 11.3 Å². The van der Waals surface area contributed by atoms with Crippen molar-refractivity contribution in [1.29, 1.82) is 5.26 Å². The normalized spacial score (nSPS) is 15.3. The van der Waals surface area contributed by atoms with E-state index < -0.39 is 5.92 Å². The molecule has 0 spiro atoms. The molecule has 138 valence electrons. The van der Waals surface area contributed by atoms with Crippen LogP contribution in [0.5, 0.6) is 11.5 Å². The molecular formula is C22H16N2O4. The molecule has 1 unspecified atom stereocenters. The zero-order valence-electron chi connectivity index (χ0n) is 14.8. The summed E-state index contributed by atoms with van der Waals surface area (Å²) in [5, 5.41) is 9.49. The highest BCUT2D eigenvalue weighted by atomic mass is 16.5. The molecule has 6 heteroatoms. The van der Waals surface area contributed by atoms with Gasteiger partial charge in [-0.3, -0.25) is 4.79 Å². The highest BCUT2D eigenvalue weighted by molar-refractivity contribution is 5.75. The number of carbonyl (C=O) groups is 1. The minimum atomic E-state index is -0.474. The SMILES string of the molecule is N#CC1=C(N)Oc2cc(OC(=O)Cc3ccccc3)ccc2C1c1ccco1. The molecule has 0 saturated heterocycles. The summed E-state index contributed by atoms with van der Waals surface area (Å²) >= 11 is 0. The first kappa shape index (κ1) is 17.4. The second-order valence-electron chi connectivity index (χ2n) is 6.28. The number of benzene rings is 2. The Morgan fingerprint density at radius 3 is 2.68 bits per heavy atom. The van der Waals surface area contributed by atoms with Crippen LogP contribution < -0.4 is 15.2 Å². The molecule has 1 aliphatic heterocycles. The third-order valence-electron chi connectivity index (χ3n) is 4.44. The van der Waals surface area contributed by atoms with Crippen molar-refractivity contribution in [3.05, 3.63) is 95.3 Å². The second kappa shape index (κ2) is 7.33. The van der Waals surface area contributed by atoms with Gasteiger partial charge in [-0.25, -0.2) is 0 Å². The van der Waals surface area contributed by atoms with Crippen LogP contribution in [0.15, 0.2) is 82.8 Å². The molecule has 0 amide bonds. The first-order valence-corrected chi connectivity index (χ1v) is 8.65. The van der Waals surface area contributed by atoms with Gasteiger partial charge in [-0.05, 0) is 23.8 Å². The third-order valence-corrected chi connectivity index (χ3v) is 4.44. The molecule has 2 aromatic carbocycles. The van der Waals surface area contributed by atoms with Crippen molar-refractivity contribution in [3.8, 4) is 17.6 Å². The van der Waals surface area contributed by atoms with Crippen LogP contribution in [0.2, 0.25) is 0 Å². The Balaban J connectivity index is 1.60. The Morgan fingerprint density at radius 1 is 1.14 bits per heavy atom. The van der Waals surface area contributed by atoms with Gasteiger partial charge in [-0.1, -0.05) is 36.4 Å². The van der Waals surface area contributed by atoms with Crippen LogP contribution in [-0.4, -0.2) is 5.97 Å². The maximum absolute atomic E-state index is 12.2. The van der Waals surface area contributed by atoms with Crippen LogP contribution in [0.1, 0.15) is 22.8 Å². The van der Waals surface area contributed by atoms with Crippen molar-refractivity contribution < 1.29 is 18.7 Å². The number of allylic oxidation sites excluding steroid dienone is 1. The van der Waals surface area contributed by atoms with Crippen molar-refractivity contribution in [3.63, 3.8) is 0 Å². The molecule has 3 aromatic rings. The number of fused-ring (bicyclic) bond motifs is 1. The summed E-state index contributed by atoms with van der Waals surface area (Å²) in [4.78, 5) is 12.2. The lowest BCUT2D eigenvalue weighted by atomic mass is 9.87. The second-order valence-corrected chi connectivity index (χ2v) is 6.28. The van der Waals surface area contributed by atoms with E-state index in [-0.39, 0.29) is 23.8 Å². The Labute approximate surface area is 161 Å². The number of ether oxygens (including phenoxy) is 2. The molecule has 0 aliphatic carbocycles. The Morgan fingerprint density at radius 2 is 1.96 bits per heavy atom. The van der Waals surface area contributed by atoms with Crippen LogP contribution in [0.4, 0.5) is 0 Å². The number of esters is 1. The van der Waals surface area contributed by atoms with Crippen molar-refractivity contribution in [2.24, 2.45) is 5.73 Å². The number of hydrogen-bond donors (Lipinski definition) is 1. The fourth-order valence-corrected chi connectivity index (χ4v) is 3.18. The van der Waals surface area contributed by atoms with Gasteiger partial charge in [0.2, 0.25) is 5.88 Å². The summed E-state index contributed by atoms with van der Waals surface area (Å²) in [5.74, 6) is 0.486. The highest BCUT2D eigenvalue weighted by Crippen LogP contribution is 2.43. The summed E-state index contributed by atoms with van der Waals surface area (Å²) in [6, 6.07) is 20.0. The van der Waals surface area contributed by atoms with E-state index in [1.165, 1.54) is 6.26 Å². The predicted molar refractivity (Wildman–Crippen MR) is 100 cm³/mol. The molecule has 0 radical (unpaired) electrons. The van der Waals surface area contributed by atoms with Gasteiger partial charge in [0.1, 0.15) is 28.9 Å². The molecule has 4 rings (SSSR count). The molecular weight excluding hydrogens is 356 g/mol. The van der Waals surface area contributed by atoms with E-state index in [9.17, 15) is 10.1 Å². The number of carbonyl (C=O) groups excluding carboxylic acids is 1. The molecule has 0 saturated carbocycles. The van der Waals surface area contributed by atoms with E-state index >= 15 is 0 Å². The summed E-state index contributed by atoms with van der Waals surface area (Å²) in [6.45, 7) is 0. The van der Waals surface area contributed by atoms with Crippen molar-refractivity contribution in [1.82, 2.24) is 0 Å². The summed E-state index contributed by atoms with van der Waals surface area (Å²) in [6.07, 6.45) is 1.70. The van der Waals surface area contributed by atoms with E-state index in [1.807, 2.05) is 30.3 Å². The number of hydrogen-bond acceptors (Lipinski definition) is 6. The maximum Gasteiger partial charge on any atom is 0.315 e. The Hall–Kier alpha value is -3.98. The molecule has 2 N–H and O–H groups in total. The smallest absolute Gasteiger partial charge is 0.315 e. The monoisotopic (exact) mass is 372 g/mol. The lowest BCUT2D eigenvalue weighted by Crippen LogP contribution is -2.21. The predicted octanol–water partition coefficient (Wildman–Crippen LogP) is 3.65. The van der Waals surface area contributed by atoms with Crippen molar-refractivity contribution in [2.45, 2.75) is 12.3 Å². The number of rotatable bonds is 4. The maximum atomic E-state index is 12.2. The number of nitrogens with zero attached hydrogens (tertiary/aromatic N) is 1. The zero-order chi connectivity index (χ0) is 19.5. The van der Waals surface area contributed by atoms with Gasteiger partial charge in [0.25, 0.3) is 0 Å². The average molecular weight is 372 g/mol. The molecule has 28 heavy (non-hydrogen) atoms. The van der Waals surface area contributed by atoms with Gasteiger partial charge in [0.15, 0.2) is 0 Å². The third kappa shape index (κ3) is 3.33. The van der Waals surface area contributed by atoms with Gasteiger partial charge in [0, 0.05) is 11.6 Å². The van der Waals surface area contributed by atoms with E-state index in [2.05, 4.69) is 6.07 Å². The molecule has 1 atom stereocenters. The lowest BCUT2D eigenvalue weighted by molar-refractivity contribution is -0.133. The van der Waals surface area contributed by atoms with Crippen LogP contribution in [-0.2, 0) is 11.2 Å². The molecule has 0 bridgehead atoms. The van der Waals surface area contributed by atoms with E-state index in [0.29, 0.717) is 22.8 Å².